The predicted molar refractivity (Wildman–Crippen MR) is 77.2 cm³/mol. The summed E-state index contributed by atoms with van der Waals surface area (Å²) >= 11 is 0. The zero-order chi connectivity index (χ0) is 13.7. The second-order valence-electron chi connectivity index (χ2n) is 5.58. The van der Waals surface area contributed by atoms with Crippen molar-refractivity contribution in [1.82, 2.24) is 13.9 Å². The molecule has 0 saturated carbocycles. The van der Waals surface area contributed by atoms with Gasteiger partial charge >= 0.3 is 0 Å². The molecule has 6 heteroatoms. The fourth-order valence-electron chi connectivity index (χ4n) is 2.99. The fourth-order valence-corrected chi connectivity index (χ4v) is 4.93. The number of nitrogens with one attached hydrogen (secondary N) is 1. The first-order valence-electron chi connectivity index (χ1n) is 7.64. The zero-order valence-electron chi connectivity index (χ0n) is 12.0. The highest BCUT2D eigenvalue weighted by molar-refractivity contribution is 7.86. The van der Waals surface area contributed by atoms with Crippen molar-refractivity contribution in [2.45, 2.75) is 51.5 Å². The molecule has 1 atom stereocenters. The molecule has 19 heavy (non-hydrogen) atoms. The van der Waals surface area contributed by atoms with E-state index < -0.39 is 10.2 Å². The second-order valence-corrected chi connectivity index (χ2v) is 7.46. The summed E-state index contributed by atoms with van der Waals surface area (Å²) in [5, 5.41) is 3.37. The SMILES string of the molecule is CCCNCC1CCCCN1S(=O)(=O)N1CCCC1. The summed E-state index contributed by atoms with van der Waals surface area (Å²) in [5.41, 5.74) is 0. The third-order valence-electron chi connectivity index (χ3n) is 4.07. The van der Waals surface area contributed by atoms with E-state index in [1.165, 1.54) is 0 Å². The van der Waals surface area contributed by atoms with Crippen molar-refractivity contribution >= 4 is 10.2 Å². The second kappa shape index (κ2) is 7.02. The molecule has 112 valence electrons. The van der Waals surface area contributed by atoms with Gasteiger partial charge in [-0.25, -0.2) is 0 Å². The van der Waals surface area contributed by atoms with Gasteiger partial charge in [0.05, 0.1) is 0 Å². The van der Waals surface area contributed by atoms with Gasteiger partial charge in [0.1, 0.15) is 0 Å². The first-order chi connectivity index (χ1) is 9.16. The van der Waals surface area contributed by atoms with Crippen LogP contribution in [0.15, 0.2) is 0 Å². The van der Waals surface area contributed by atoms with E-state index in [1.54, 1.807) is 8.61 Å². The summed E-state index contributed by atoms with van der Waals surface area (Å²) in [4.78, 5) is 0. The molecule has 0 radical (unpaired) electrons. The summed E-state index contributed by atoms with van der Waals surface area (Å²) in [5.74, 6) is 0. The molecule has 0 spiro atoms. The highest BCUT2D eigenvalue weighted by Crippen LogP contribution is 2.24. The minimum atomic E-state index is -3.22. The van der Waals surface area contributed by atoms with E-state index in [-0.39, 0.29) is 6.04 Å². The van der Waals surface area contributed by atoms with Gasteiger partial charge in [-0.15, -0.1) is 0 Å². The van der Waals surface area contributed by atoms with Crippen LogP contribution in [0.2, 0.25) is 0 Å². The Balaban J connectivity index is 2.01. The average molecular weight is 289 g/mol. The Morgan fingerprint density at radius 1 is 1.11 bits per heavy atom. The first kappa shape index (κ1) is 15.2. The summed E-state index contributed by atoms with van der Waals surface area (Å²) in [6, 6.07) is 0.144. The molecule has 1 unspecified atom stereocenters. The molecule has 2 aliphatic heterocycles. The van der Waals surface area contributed by atoms with Crippen molar-refractivity contribution in [1.29, 1.82) is 0 Å². The summed E-state index contributed by atoms with van der Waals surface area (Å²) < 4.78 is 28.7. The molecule has 0 aliphatic carbocycles. The molecule has 0 aromatic heterocycles. The normalized spacial score (nSPS) is 26.9. The lowest BCUT2D eigenvalue weighted by Crippen LogP contribution is -2.53. The Labute approximate surface area is 117 Å². The number of hydrogen-bond donors (Lipinski definition) is 1. The van der Waals surface area contributed by atoms with E-state index in [2.05, 4.69) is 12.2 Å². The molecule has 0 bridgehead atoms. The van der Waals surface area contributed by atoms with Crippen molar-refractivity contribution in [3.05, 3.63) is 0 Å². The van der Waals surface area contributed by atoms with Crippen molar-refractivity contribution in [3.63, 3.8) is 0 Å². The summed E-state index contributed by atoms with van der Waals surface area (Å²) in [6.45, 7) is 5.99. The Hall–Kier alpha value is -0.170. The van der Waals surface area contributed by atoms with Crippen molar-refractivity contribution in [2.75, 3.05) is 32.7 Å². The molecule has 1 N–H and O–H groups in total. The quantitative estimate of drug-likeness (QED) is 0.747. The van der Waals surface area contributed by atoms with Crippen LogP contribution in [-0.2, 0) is 10.2 Å². The molecular formula is C13H27N3O2S. The maximum atomic E-state index is 12.7. The highest BCUT2D eigenvalue weighted by Gasteiger charge is 2.37. The van der Waals surface area contributed by atoms with Crippen LogP contribution in [0.3, 0.4) is 0 Å². The van der Waals surface area contributed by atoms with Crippen LogP contribution >= 0.6 is 0 Å². The van der Waals surface area contributed by atoms with E-state index in [9.17, 15) is 8.42 Å². The maximum absolute atomic E-state index is 12.7. The Morgan fingerprint density at radius 3 is 2.47 bits per heavy atom. The van der Waals surface area contributed by atoms with Crippen LogP contribution in [-0.4, -0.2) is 55.8 Å². The molecule has 2 rings (SSSR count). The van der Waals surface area contributed by atoms with Gasteiger partial charge in [-0.3, -0.25) is 0 Å². The number of hydrogen-bond acceptors (Lipinski definition) is 3. The van der Waals surface area contributed by atoms with Crippen molar-refractivity contribution in [3.8, 4) is 0 Å². The smallest absolute Gasteiger partial charge is 0.282 e. The van der Waals surface area contributed by atoms with Gasteiger partial charge in [0, 0.05) is 32.2 Å². The number of rotatable bonds is 6. The summed E-state index contributed by atoms with van der Waals surface area (Å²) in [7, 11) is -3.22. The van der Waals surface area contributed by atoms with Crippen LogP contribution in [0, 0.1) is 0 Å². The number of nitrogens with zero attached hydrogens (tertiary/aromatic N) is 2. The van der Waals surface area contributed by atoms with Crippen LogP contribution in [0.4, 0.5) is 0 Å². The predicted octanol–water partition coefficient (Wildman–Crippen LogP) is 1.18. The Bertz CT molecular complexity index is 366. The van der Waals surface area contributed by atoms with Crippen molar-refractivity contribution < 1.29 is 8.42 Å². The monoisotopic (exact) mass is 289 g/mol. The van der Waals surface area contributed by atoms with Gasteiger partial charge < -0.3 is 5.32 Å². The molecule has 0 aromatic rings. The molecule has 0 amide bonds. The van der Waals surface area contributed by atoms with Crippen LogP contribution in [0.5, 0.6) is 0 Å². The van der Waals surface area contributed by atoms with E-state index in [4.69, 9.17) is 0 Å². The van der Waals surface area contributed by atoms with Crippen LogP contribution in [0.1, 0.15) is 45.4 Å². The lowest BCUT2D eigenvalue weighted by Gasteiger charge is -2.37. The Morgan fingerprint density at radius 2 is 1.79 bits per heavy atom. The molecular weight excluding hydrogens is 262 g/mol. The van der Waals surface area contributed by atoms with Crippen LogP contribution < -0.4 is 5.32 Å². The van der Waals surface area contributed by atoms with Gasteiger partial charge in [0.15, 0.2) is 0 Å². The van der Waals surface area contributed by atoms with Gasteiger partial charge in [-0.05, 0) is 38.6 Å². The zero-order valence-corrected chi connectivity index (χ0v) is 12.8. The lowest BCUT2D eigenvalue weighted by atomic mass is 10.1. The van der Waals surface area contributed by atoms with E-state index in [0.29, 0.717) is 19.6 Å². The molecule has 2 fully saturated rings. The fraction of sp³-hybridized carbons (Fsp3) is 1.00. The van der Waals surface area contributed by atoms with Gasteiger partial charge in [0.25, 0.3) is 10.2 Å². The maximum Gasteiger partial charge on any atom is 0.282 e. The number of piperidine rings is 1. The van der Waals surface area contributed by atoms with Crippen molar-refractivity contribution in [2.24, 2.45) is 0 Å². The third-order valence-corrected chi connectivity index (χ3v) is 6.16. The lowest BCUT2D eigenvalue weighted by molar-refractivity contribution is 0.230. The van der Waals surface area contributed by atoms with Gasteiger partial charge in [0.2, 0.25) is 0 Å². The molecule has 2 saturated heterocycles. The topological polar surface area (TPSA) is 52.7 Å². The van der Waals surface area contributed by atoms with Gasteiger partial charge in [-0.2, -0.15) is 17.0 Å². The average Bonchev–Trinajstić information content (AvgIpc) is 2.94. The molecule has 2 heterocycles. The molecule has 2 aliphatic rings. The first-order valence-corrected chi connectivity index (χ1v) is 9.03. The van der Waals surface area contributed by atoms with E-state index in [0.717, 1.165) is 51.6 Å². The molecule has 0 aromatic carbocycles. The minimum absolute atomic E-state index is 0.144. The third kappa shape index (κ3) is 3.68. The standard InChI is InChI=1S/C13H27N3O2S/c1-2-8-14-12-13-7-3-4-11-16(13)19(17,18)15-9-5-6-10-15/h13-14H,2-12H2,1H3. The minimum Gasteiger partial charge on any atom is -0.315 e. The summed E-state index contributed by atoms with van der Waals surface area (Å²) in [6.07, 6.45) is 6.23. The van der Waals surface area contributed by atoms with Gasteiger partial charge in [-0.1, -0.05) is 13.3 Å². The largest absolute Gasteiger partial charge is 0.315 e. The molecule has 5 nitrogen and oxygen atoms in total. The van der Waals surface area contributed by atoms with E-state index >= 15 is 0 Å². The van der Waals surface area contributed by atoms with Crippen LogP contribution in [0.25, 0.3) is 0 Å². The van der Waals surface area contributed by atoms with E-state index in [1.807, 2.05) is 0 Å². The highest BCUT2D eigenvalue weighted by atomic mass is 32.2. The Kier molecular flexibility index (Phi) is 5.62.